The number of carbonyl (C=O) groups excluding carboxylic acids is 1. The molecule has 3 rings (SSSR count). The van der Waals surface area contributed by atoms with Gasteiger partial charge in [-0.15, -0.1) is 0 Å². The molecule has 1 N–H and O–H groups in total. The molecular formula is C16H22N2O2. The van der Waals surface area contributed by atoms with Crippen molar-refractivity contribution in [3.63, 3.8) is 0 Å². The van der Waals surface area contributed by atoms with Crippen LogP contribution in [0.15, 0.2) is 18.2 Å². The third-order valence-electron chi connectivity index (χ3n) is 4.73. The van der Waals surface area contributed by atoms with Crippen molar-refractivity contribution < 1.29 is 9.53 Å². The van der Waals surface area contributed by atoms with Gasteiger partial charge in [-0.25, -0.2) is 0 Å². The second-order valence-electron chi connectivity index (χ2n) is 6.08. The number of nitrogens with one attached hydrogen (secondary N) is 1. The predicted octanol–water partition coefficient (Wildman–Crippen LogP) is 1.93. The fraction of sp³-hybridized carbons (Fsp3) is 0.562. The Labute approximate surface area is 120 Å². The van der Waals surface area contributed by atoms with Gasteiger partial charge in [0.1, 0.15) is 0 Å². The topological polar surface area (TPSA) is 41.6 Å². The number of ether oxygens (including phenoxy) is 1. The van der Waals surface area contributed by atoms with Crippen LogP contribution < -0.4 is 5.32 Å². The zero-order valence-electron chi connectivity index (χ0n) is 12.2. The maximum atomic E-state index is 12.6. The molecule has 0 aliphatic carbocycles. The van der Waals surface area contributed by atoms with Crippen LogP contribution in [0.25, 0.3) is 0 Å². The molecule has 0 radical (unpaired) electrons. The van der Waals surface area contributed by atoms with E-state index in [1.165, 1.54) is 5.56 Å². The van der Waals surface area contributed by atoms with Crippen LogP contribution in [0.5, 0.6) is 0 Å². The largest absolute Gasteiger partial charge is 0.372 e. The third kappa shape index (κ3) is 2.45. The van der Waals surface area contributed by atoms with Crippen LogP contribution in [0.3, 0.4) is 0 Å². The van der Waals surface area contributed by atoms with Gasteiger partial charge in [0.2, 0.25) is 0 Å². The lowest BCUT2D eigenvalue weighted by Crippen LogP contribution is -2.51. The van der Waals surface area contributed by atoms with Gasteiger partial charge >= 0.3 is 0 Å². The minimum atomic E-state index is 0.151. The maximum Gasteiger partial charge on any atom is 0.253 e. The Bertz CT molecular complexity index is 519. The van der Waals surface area contributed by atoms with E-state index >= 15 is 0 Å². The zero-order chi connectivity index (χ0) is 14.2. The van der Waals surface area contributed by atoms with Crippen molar-refractivity contribution >= 4 is 5.91 Å². The van der Waals surface area contributed by atoms with Crippen molar-refractivity contribution in [2.75, 3.05) is 20.1 Å². The van der Waals surface area contributed by atoms with E-state index in [9.17, 15) is 4.79 Å². The molecule has 4 nitrogen and oxygen atoms in total. The number of likely N-dealkylation sites (tertiary alicyclic amines) is 1. The highest BCUT2D eigenvalue weighted by Gasteiger charge is 2.30. The predicted molar refractivity (Wildman–Crippen MR) is 77.5 cm³/mol. The number of carbonyl (C=O) groups is 1. The zero-order valence-corrected chi connectivity index (χ0v) is 12.2. The van der Waals surface area contributed by atoms with Crippen molar-refractivity contribution in [1.82, 2.24) is 10.2 Å². The SMILES string of the molecule is CNC1(C)CCN(C(=O)c2ccc3c(c2)COC3)CC1. The smallest absolute Gasteiger partial charge is 0.253 e. The van der Waals surface area contributed by atoms with Crippen LogP contribution in [0, 0.1) is 0 Å². The molecule has 1 fully saturated rings. The summed E-state index contributed by atoms with van der Waals surface area (Å²) in [6.07, 6.45) is 2.01. The summed E-state index contributed by atoms with van der Waals surface area (Å²) in [5.41, 5.74) is 3.33. The summed E-state index contributed by atoms with van der Waals surface area (Å²) < 4.78 is 5.40. The average molecular weight is 274 g/mol. The minimum Gasteiger partial charge on any atom is -0.372 e. The summed E-state index contributed by atoms with van der Waals surface area (Å²) >= 11 is 0. The average Bonchev–Trinajstić information content (AvgIpc) is 2.94. The highest BCUT2D eigenvalue weighted by atomic mass is 16.5. The Hall–Kier alpha value is -1.39. The fourth-order valence-corrected chi connectivity index (χ4v) is 2.94. The molecule has 20 heavy (non-hydrogen) atoms. The quantitative estimate of drug-likeness (QED) is 0.896. The van der Waals surface area contributed by atoms with E-state index < -0.39 is 0 Å². The third-order valence-corrected chi connectivity index (χ3v) is 4.73. The summed E-state index contributed by atoms with van der Waals surface area (Å²) in [5, 5.41) is 3.36. The van der Waals surface area contributed by atoms with Gasteiger partial charge in [0, 0.05) is 24.2 Å². The highest BCUT2D eigenvalue weighted by Crippen LogP contribution is 2.25. The Kier molecular flexibility index (Phi) is 3.52. The van der Waals surface area contributed by atoms with Gasteiger partial charge in [-0.1, -0.05) is 6.07 Å². The first kappa shape index (κ1) is 13.6. The first-order valence-electron chi connectivity index (χ1n) is 7.29. The molecule has 1 aromatic rings. The molecule has 2 heterocycles. The maximum absolute atomic E-state index is 12.6. The van der Waals surface area contributed by atoms with Gasteiger partial charge in [0.15, 0.2) is 0 Å². The lowest BCUT2D eigenvalue weighted by molar-refractivity contribution is 0.0661. The van der Waals surface area contributed by atoms with E-state index in [-0.39, 0.29) is 11.4 Å². The number of amides is 1. The lowest BCUT2D eigenvalue weighted by Gasteiger charge is -2.39. The van der Waals surface area contributed by atoms with Crippen LogP contribution in [0.2, 0.25) is 0 Å². The number of fused-ring (bicyclic) bond motifs is 1. The van der Waals surface area contributed by atoms with E-state index in [0.717, 1.165) is 37.1 Å². The molecular weight excluding hydrogens is 252 g/mol. The molecule has 1 saturated heterocycles. The molecule has 0 unspecified atom stereocenters. The first-order chi connectivity index (χ1) is 9.61. The number of hydrogen-bond donors (Lipinski definition) is 1. The van der Waals surface area contributed by atoms with E-state index in [1.807, 2.05) is 30.1 Å². The van der Waals surface area contributed by atoms with Crippen LogP contribution in [0.1, 0.15) is 41.3 Å². The van der Waals surface area contributed by atoms with Crippen molar-refractivity contribution in [2.24, 2.45) is 0 Å². The second kappa shape index (κ2) is 5.19. The van der Waals surface area contributed by atoms with Crippen molar-refractivity contribution in [3.05, 3.63) is 34.9 Å². The Morgan fingerprint density at radius 1 is 1.25 bits per heavy atom. The number of nitrogens with zero attached hydrogens (tertiary/aromatic N) is 1. The standard InChI is InChI=1S/C16H22N2O2/c1-16(17-2)5-7-18(8-6-16)15(19)12-3-4-13-10-20-11-14(13)9-12/h3-4,9,17H,5-8,10-11H2,1-2H3. The second-order valence-corrected chi connectivity index (χ2v) is 6.08. The van der Waals surface area contributed by atoms with Crippen LogP contribution in [0.4, 0.5) is 0 Å². The first-order valence-corrected chi connectivity index (χ1v) is 7.29. The number of benzene rings is 1. The van der Waals surface area contributed by atoms with Crippen LogP contribution in [-0.4, -0.2) is 36.5 Å². The summed E-state index contributed by atoms with van der Waals surface area (Å²) in [7, 11) is 2.00. The van der Waals surface area contributed by atoms with Gasteiger partial charge in [-0.05, 0) is 50.1 Å². The van der Waals surface area contributed by atoms with Gasteiger partial charge < -0.3 is 15.0 Å². The molecule has 0 saturated carbocycles. The van der Waals surface area contributed by atoms with E-state index in [1.54, 1.807) is 0 Å². The van der Waals surface area contributed by atoms with Gasteiger partial charge in [0.05, 0.1) is 13.2 Å². The molecule has 1 amide bonds. The van der Waals surface area contributed by atoms with Crippen LogP contribution in [-0.2, 0) is 18.0 Å². The minimum absolute atomic E-state index is 0.151. The molecule has 4 heteroatoms. The number of piperidine rings is 1. The summed E-state index contributed by atoms with van der Waals surface area (Å²) in [4.78, 5) is 14.5. The highest BCUT2D eigenvalue weighted by molar-refractivity contribution is 5.94. The molecule has 2 aliphatic rings. The molecule has 0 bridgehead atoms. The van der Waals surface area contributed by atoms with E-state index in [2.05, 4.69) is 12.2 Å². The fourth-order valence-electron chi connectivity index (χ4n) is 2.94. The number of rotatable bonds is 2. The Morgan fingerprint density at radius 3 is 2.65 bits per heavy atom. The molecule has 0 spiro atoms. The number of hydrogen-bond acceptors (Lipinski definition) is 3. The molecule has 1 aromatic carbocycles. The van der Waals surface area contributed by atoms with Gasteiger partial charge in [-0.3, -0.25) is 4.79 Å². The van der Waals surface area contributed by atoms with Crippen molar-refractivity contribution in [1.29, 1.82) is 0 Å². The van der Waals surface area contributed by atoms with Crippen LogP contribution >= 0.6 is 0 Å². The van der Waals surface area contributed by atoms with Gasteiger partial charge in [0.25, 0.3) is 5.91 Å². The summed E-state index contributed by atoms with van der Waals surface area (Å²) in [6.45, 7) is 5.18. The molecule has 2 aliphatic heterocycles. The lowest BCUT2D eigenvalue weighted by atomic mass is 9.89. The summed E-state index contributed by atoms with van der Waals surface area (Å²) in [5.74, 6) is 0.151. The monoisotopic (exact) mass is 274 g/mol. The summed E-state index contributed by atoms with van der Waals surface area (Å²) in [6, 6.07) is 5.95. The van der Waals surface area contributed by atoms with Crippen molar-refractivity contribution in [2.45, 2.75) is 38.5 Å². The van der Waals surface area contributed by atoms with E-state index in [0.29, 0.717) is 13.2 Å². The van der Waals surface area contributed by atoms with Gasteiger partial charge in [-0.2, -0.15) is 0 Å². The van der Waals surface area contributed by atoms with E-state index in [4.69, 9.17) is 4.74 Å². The van der Waals surface area contributed by atoms with Crippen molar-refractivity contribution in [3.8, 4) is 0 Å². The Morgan fingerprint density at radius 2 is 1.95 bits per heavy atom. The normalized spacial score (nSPS) is 20.8. The molecule has 108 valence electrons. The molecule has 0 aromatic heterocycles. The molecule has 0 atom stereocenters. The Balaban J connectivity index is 1.71.